The van der Waals surface area contributed by atoms with Gasteiger partial charge in [0.1, 0.15) is 5.82 Å². The Morgan fingerprint density at radius 2 is 1.77 bits per heavy atom. The molecular formula is C19H20FNO. The Hall–Kier alpha value is -2.16. The second kappa shape index (κ2) is 6.30. The predicted molar refractivity (Wildman–Crippen MR) is 84.9 cm³/mol. The summed E-state index contributed by atoms with van der Waals surface area (Å²) in [5, 5.41) is 0. The Morgan fingerprint density at radius 3 is 2.36 bits per heavy atom. The molecule has 0 aromatic heterocycles. The maximum atomic E-state index is 13.1. The largest absolute Gasteiger partial charge is 0.331 e. The highest BCUT2D eigenvalue weighted by molar-refractivity contribution is 5.94. The van der Waals surface area contributed by atoms with Crippen molar-refractivity contribution in [1.82, 2.24) is 4.90 Å². The maximum Gasteiger partial charge on any atom is 0.254 e. The van der Waals surface area contributed by atoms with Crippen LogP contribution >= 0.6 is 0 Å². The van der Waals surface area contributed by atoms with E-state index in [4.69, 9.17) is 0 Å². The van der Waals surface area contributed by atoms with E-state index in [0.29, 0.717) is 18.0 Å². The third kappa shape index (κ3) is 3.35. The van der Waals surface area contributed by atoms with Gasteiger partial charge in [-0.05, 0) is 55.5 Å². The molecule has 0 radical (unpaired) electrons. The third-order valence-electron chi connectivity index (χ3n) is 4.34. The van der Waals surface area contributed by atoms with Gasteiger partial charge in [-0.1, -0.05) is 30.3 Å². The Kier molecular flexibility index (Phi) is 4.23. The van der Waals surface area contributed by atoms with Crippen LogP contribution in [0.2, 0.25) is 0 Å². The van der Waals surface area contributed by atoms with Crippen LogP contribution in [0.25, 0.3) is 0 Å². The van der Waals surface area contributed by atoms with Gasteiger partial charge in [0.2, 0.25) is 0 Å². The predicted octanol–water partition coefficient (Wildman–Crippen LogP) is 4.27. The zero-order chi connectivity index (χ0) is 15.5. The van der Waals surface area contributed by atoms with Gasteiger partial charge >= 0.3 is 0 Å². The minimum Gasteiger partial charge on any atom is -0.331 e. The maximum absolute atomic E-state index is 13.1. The molecule has 1 amide bonds. The van der Waals surface area contributed by atoms with E-state index in [1.807, 2.05) is 35.2 Å². The second-order valence-electron chi connectivity index (χ2n) is 6.00. The average molecular weight is 297 g/mol. The molecule has 114 valence electrons. The van der Waals surface area contributed by atoms with Crippen molar-refractivity contribution in [2.24, 2.45) is 5.92 Å². The van der Waals surface area contributed by atoms with Crippen LogP contribution in [-0.4, -0.2) is 16.8 Å². The van der Waals surface area contributed by atoms with E-state index in [1.54, 1.807) is 12.1 Å². The highest BCUT2D eigenvalue weighted by Crippen LogP contribution is 2.36. The molecule has 0 saturated heterocycles. The number of benzene rings is 2. The van der Waals surface area contributed by atoms with Crippen molar-refractivity contribution in [3.05, 3.63) is 71.5 Å². The first-order chi connectivity index (χ1) is 10.6. The number of carbonyl (C=O) groups is 1. The van der Waals surface area contributed by atoms with Gasteiger partial charge in [0.05, 0.1) is 0 Å². The Morgan fingerprint density at radius 1 is 1.14 bits per heavy atom. The quantitative estimate of drug-likeness (QED) is 0.807. The van der Waals surface area contributed by atoms with Gasteiger partial charge in [-0.2, -0.15) is 0 Å². The van der Waals surface area contributed by atoms with E-state index in [9.17, 15) is 9.18 Å². The Labute approximate surface area is 130 Å². The fourth-order valence-corrected chi connectivity index (χ4v) is 2.77. The van der Waals surface area contributed by atoms with E-state index in [1.165, 1.54) is 25.0 Å². The van der Waals surface area contributed by atoms with Crippen LogP contribution in [0, 0.1) is 11.7 Å². The summed E-state index contributed by atoms with van der Waals surface area (Å²) >= 11 is 0. The van der Waals surface area contributed by atoms with Crippen molar-refractivity contribution in [3.8, 4) is 0 Å². The van der Waals surface area contributed by atoms with Gasteiger partial charge in [-0.25, -0.2) is 4.39 Å². The number of halogens is 1. The van der Waals surface area contributed by atoms with Crippen molar-refractivity contribution >= 4 is 5.91 Å². The smallest absolute Gasteiger partial charge is 0.254 e. The Balaban J connectivity index is 1.84. The van der Waals surface area contributed by atoms with Gasteiger partial charge in [-0.3, -0.25) is 4.79 Å². The molecule has 3 heteroatoms. The summed E-state index contributed by atoms with van der Waals surface area (Å²) in [6, 6.07) is 16.0. The molecule has 1 aliphatic rings. The molecule has 22 heavy (non-hydrogen) atoms. The average Bonchev–Trinajstić information content (AvgIpc) is 3.38. The zero-order valence-electron chi connectivity index (χ0n) is 12.7. The Bertz CT molecular complexity index is 634. The summed E-state index contributed by atoms with van der Waals surface area (Å²) in [6.45, 7) is 2.71. The molecule has 1 fully saturated rings. The minimum atomic E-state index is -0.318. The summed E-state index contributed by atoms with van der Waals surface area (Å²) < 4.78 is 13.1. The summed E-state index contributed by atoms with van der Waals surface area (Å²) in [7, 11) is 0. The molecule has 0 spiro atoms. The van der Waals surface area contributed by atoms with Crippen LogP contribution in [0.3, 0.4) is 0 Å². The minimum absolute atomic E-state index is 0.0248. The molecule has 2 aromatic rings. The van der Waals surface area contributed by atoms with Gasteiger partial charge in [0.15, 0.2) is 0 Å². The fourth-order valence-electron chi connectivity index (χ4n) is 2.77. The molecule has 1 atom stereocenters. The van der Waals surface area contributed by atoms with Crippen molar-refractivity contribution in [3.63, 3.8) is 0 Å². The lowest BCUT2D eigenvalue weighted by atomic mass is 10.1. The van der Waals surface area contributed by atoms with Gasteiger partial charge < -0.3 is 4.90 Å². The van der Waals surface area contributed by atoms with Gasteiger partial charge in [-0.15, -0.1) is 0 Å². The molecule has 1 unspecified atom stereocenters. The monoisotopic (exact) mass is 297 g/mol. The van der Waals surface area contributed by atoms with Gasteiger partial charge in [0.25, 0.3) is 5.91 Å². The van der Waals surface area contributed by atoms with Crippen LogP contribution in [-0.2, 0) is 6.54 Å². The van der Waals surface area contributed by atoms with Crippen LogP contribution < -0.4 is 0 Å². The van der Waals surface area contributed by atoms with Crippen molar-refractivity contribution < 1.29 is 9.18 Å². The van der Waals surface area contributed by atoms with Crippen LogP contribution in [0.15, 0.2) is 54.6 Å². The number of nitrogens with zero attached hydrogens (tertiary/aromatic N) is 1. The van der Waals surface area contributed by atoms with Crippen molar-refractivity contribution in [2.45, 2.75) is 32.4 Å². The second-order valence-corrected chi connectivity index (χ2v) is 6.00. The lowest BCUT2D eigenvalue weighted by Gasteiger charge is -2.30. The third-order valence-corrected chi connectivity index (χ3v) is 4.34. The molecule has 1 saturated carbocycles. The number of rotatable bonds is 5. The SMILES string of the molecule is CC(C1CC1)N(Cc1ccccc1)C(=O)c1ccc(F)cc1. The molecule has 3 rings (SSSR count). The first-order valence-corrected chi connectivity index (χ1v) is 7.75. The number of hydrogen-bond donors (Lipinski definition) is 0. The summed E-state index contributed by atoms with van der Waals surface area (Å²) in [6.07, 6.45) is 2.37. The zero-order valence-corrected chi connectivity index (χ0v) is 12.7. The highest BCUT2D eigenvalue weighted by Gasteiger charge is 2.34. The number of carbonyl (C=O) groups excluding carboxylic acids is 1. The lowest BCUT2D eigenvalue weighted by molar-refractivity contribution is 0.0654. The molecule has 0 bridgehead atoms. The molecule has 0 heterocycles. The summed E-state index contributed by atoms with van der Waals surface area (Å²) in [5.41, 5.74) is 1.66. The van der Waals surface area contributed by atoms with E-state index in [2.05, 4.69) is 6.92 Å². The van der Waals surface area contributed by atoms with E-state index >= 15 is 0 Å². The van der Waals surface area contributed by atoms with E-state index < -0.39 is 0 Å². The fraction of sp³-hybridized carbons (Fsp3) is 0.316. The molecule has 2 aromatic carbocycles. The number of hydrogen-bond acceptors (Lipinski definition) is 1. The van der Waals surface area contributed by atoms with Gasteiger partial charge in [0, 0.05) is 18.2 Å². The van der Waals surface area contributed by atoms with Crippen LogP contribution in [0.5, 0.6) is 0 Å². The first kappa shape index (κ1) is 14.8. The molecule has 2 nitrogen and oxygen atoms in total. The van der Waals surface area contributed by atoms with Crippen molar-refractivity contribution in [1.29, 1.82) is 0 Å². The van der Waals surface area contributed by atoms with Crippen LogP contribution in [0.1, 0.15) is 35.7 Å². The van der Waals surface area contributed by atoms with Crippen LogP contribution in [0.4, 0.5) is 4.39 Å². The molecule has 0 N–H and O–H groups in total. The molecule has 0 aliphatic heterocycles. The highest BCUT2D eigenvalue weighted by atomic mass is 19.1. The van der Waals surface area contributed by atoms with Crippen molar-refractivity contribution in [2.75, 3.05) is 0 Å². The number of amides is 1. The lowest BCUT2D eigenvalue weighted by Crippen LogP contribution is -2.39. The summed E-state index contributed by atoms with van der Waals surface area (Å²) in [4.78, 5) is 14.8. The first-order valence-electron chi connectivity index (χ1n) is 7.75. The topological polar surface area (TPSA) is 20.3 Å². The van der Waals surface area contributed by atoms with E-state index in [-0.39, 0.29) is 17.8 Å². The normalized spacial score (nSPS) is 15.4. The molecule has 1 aliphatic carbocycles. The summed E-state index contributed by atoms with van der Waals surface area (Å²) in [5.74, 6) is 0.248. The standard InChI is InChI=1S/C19H20FNO/c1-14(16-7-8-16)21(13-15-5-3-2-4-6-15)19(22)17-9-11-18(20)12-10-17/h2-6,9-12,14,16H,7-8,13H2,1H3. The van der Waals surface area contributed by atoms with E-state index in [0.717, 1.165) is 5.56 Å². The molecular weight excluding hydrogens is 277 g/mol.